The van der Waals surface area contributed by atoms with E-state index in [4.69, 9.17) is 0 Å². The number of benzene rings is 2. The lowest BCUT2D eigenvalue weighted by molar-refractivity contribution is 1.13. The summed E-state index contributed by atoms with van der Waals surface area (Å²) < 4.78 is 0. The molecule has 0 aliphatic heterocycles. The Kier molecular flexibility index (Phi) is 4.62. The molecule has 19 heavy (non-hydrogen) atoms. The fourth-order valence-electron chi connectivity index (χ4n) is 1.94. The molecular weight excluding hydrogens is 232 g/mol. The van der Waals surface area contributed by atoms with Gasteiger partial charge in [-0.05, 0) is 17.7 Å². The maximum absolute atomic E-state index is 3.44. The lowest BCUT2D eigenvalue weighted by atomic mass is 10.2. The van der Waals surface area contributed by atoms with E-state index in [1.807, 2.05) is 6.07 Å². The molecule has 0 unspecified atom stereocenters. The van der Waals surface area contributed by atoms with Crippen molar-refractivity contribution in [3.05, 3.63) is 66.2 Å². The number of nitrogens with one attached hydrogen (secondary N) is 1. The molecule has 0 saturated carbocycles. The third-order valence-corrected chi connectivity index (χ3v) is 2.91. The lowest BCUT2D eigenvalue weighted by Crippen LogP contribution is -2.12. The predicted octanol–water partition coefficient (Wildman–Crippen LogP) is 3.88. The van der Waals surface area contributed by atoms with Crippen molar-refractivity contribution in [3.8, 4) is 0 Å². The zero-order valence-electron chi connectivity index (χ0n) is 11.5. The maximum atomic E-state index is 3.44. The highest BCUT2D eigenvalue weighted by Crippen LogP contribution is 2.23. The van der Waals surface area contributed by atoms with Crippen LogP contribution >= 0.6 is 0 Å². The first kappa shape index (κ1) is 13.2. The van der Waals surface area contributed by atoms with Gasteiger partial charge in [0.25, 0.3) is 0 Å². The molecule has 0 radical (unpaired) electrons. The van der Waals surface area contributed by atoms with Gasteiger partial charge in [-0.25, -0.2) is 0 Å². The van der Waals surface area contributed by atoms with Gasteiger partial charge in [0.1, 0.15) is 0 Å². The molecule has 2 nitrogen and oxygen atoms in total. The largest absolute Gasteiger partial charge is 0.380 e. The Morgan fingerprint density at radius 3 is 2.37 bits per heavy atom. The molecule has 2 rings (SSSR count). The Morgan fingerprint density at radius 2 is 1.63 bits per heavy atom. The molecule has 0 fully saturated rings. The van der Waals surface area contributed by atoms with Gasteiger partial charge in [-0.15, -0.1) is 0 Å². The molecule has 98 valence electrons. The molecule has 0 heterocycles. The Labute approximate surface area is 115 Å². The van der Waals surface area contributed by atoms with Crippen molar-refractivity contribution in [2.75, 3.05) is 30.9 Å². The van der Waals surface area contributed by atoms with Gasteiger partial charge < -0.3 is 10.2 Å². The minimum Gasteiger partial charge on any atom is -0.380 e. The Hall–Kier alpha value is -2.22. The van der Waals surface area contributed by atoms with E-state index in [2.05, 4.69) is 85.0 Å². The summed E-state index contributed by atoms with van der Waals surface area (Å²) in [5.41, 5.74) is 3.59. The smallest absolute Gasteiger partial charge is 0.0596 e. The molecule has 2 aromatic carbocycles. The van der Waals surface area contributed by atoms with E-state index in [-0.39, 0.29) is 0 Å². The summed E-state index contributed by atoms with van der Waals surface area (Å²) in [7, 11) is 4.11. The number of hydrogen-bond donors (Lipinski definition) is 1. The summed E-state index contributed by atoms with van der Waals surface area (Å²) in [5, 5.41) is 3.44. The average Bonchev–Trinajstić information content (AvgIpc) is 2.45. The van der Waals surface area contributed by atoms with Gasteiger partial charge in [0.15, 0.2) is 0 Å². The van der Waals surface area contributed by atoms with Gasteiger partial charge in [0.2, 0.25) is 0 Å². The van der Waals surface area contributed by atoms with Crippen LogP contribution in [0.4, 0.5) is 11.4 Å². The minimum absolute atomic E-state index is 0.819. The summed E-state index contributed by atoms with van der Waals surface area (Å²) in [6.45, 7) is 0.819. The number of anilines is 2. The van der Waals surface area contributed by atoms with Crippen LogP contribution in [-0.2, 0) is 0 Å². The fourth-order valence-corrected chi connectivity index (χ4v) is 1.94. The van der Waals surface area contributed by atoms with E-state index in [0.29, 0.717) is 0 Å². The first-order valence-electron chi connectivity index (χ1n) is 6.49. The number of nitrogens with zero attached hydrogens (tertiary/aromatic N) is 1. The van der Waals surface area contributed by atoms with Crippen LogP contribution in [0.1, 0.15) is 5.56 Å². The van der Waals surface area contributed by atoms with Crippen LogP contribution in [0.25, 0.3) is 6.08 Å². The van der Waals surface area contributed by atoms with Crippen molar-refractivity contribution >= 4 is 17.5 Å². The van der Waals surface area contributed by atoms with E-state index >= 15 is 0 Å². The number of rotatable bonds is 5. The normalized spacial score (nSPS) is 10.6. The van der Waals surface area contributed by atoms with Crippen molar-refractivity contribution in [2.45, 2.75) is 0 Å². The van der Waals surface area contributed by atoms with E-state index < -0.39 is 0 Å². The third kappa shape index (κ3) is 3.88. The van der Waals surface area contributed by atoms with Crippen molar-refractivity contribution in [1.82, 2.24) is 0 Å². The summed E-state index contributed by atoms with van der Waals surface area (Å²) in [5.74, 6) is 0. The highest BCUT2D eigenvalue weighted by Gasteiger charge is 2.00. The quantitative estimate of drug-likeness (QED) is 0.868. The lowest BCUT2D eigenvalue weighted by Gasteiger charge is -2.17. The van der Waals surface area contributed by atoms with Crippen molar-refractivity contribution < 1.29 is 0 Å². The zero-order valence-corrected chi connectivity index (χ0v) is 11.5. The molecule has 0 aliphatic rings. The average molecular weight is 252 g/mol. The van der Waals surface area contributed by atoms with Crippen molar-refractivity contribution in [1.29, 1.82) is 0 Å². The third-order valence-electron chi connectivity index (χ3n) is 2.91. The van der Waals surface area contributed by atoms with Crippen LogP contribution in [-0.4, -0.2) is 20.6 Å². The molecular formula is C17H20N2. The Balaban J connectivity index is 1.95. The zero-order chi connectivity index (χ0) is 13.5. The highest BCUT2D eigenvalue weighted by atomic mass is 15.1. The van der Waals surface area contributed by atoms with Crippen LogP contribution in [0, 0.1) is 0 Å². The summed E-state index contributed by atoms with van der Waals surface area (Å²) in [4.78, 5) is 2.11. The van der Waals surface area contributed by atoms with Crippen molar-refractivity contribution in [2.24, 2.45) is 0 Å². The molecule has 0 atom stereocenters. The molecule has 0 saturated heterocycles. The molecule has 2 aromatic rings. The minimum atomic E-state index is 0.819. The first-order valence-corrected chi connectivity index (χ1v) is 6.49. The topological polar surface area (TPSA) is 15.3 Å². The van der Waals surface area contributed by atoms with Gasteiger partial charge in [-0.3, -0.25) is 0 Å². The second kappa shape index (κ2) is 6.64. The second-order valence-corrected chi connectivity index (χ2v) is 4.61. The van der Waals surface area contributed by atoms with E-state index in [9.17, 15) is 0 Å². The standard InChI is InChI=1S/C17H20N2/c1-19(2)17-13-7-6-12-16(17)18-14-8-11-15-9-4-3-5-10-15/h3-13,18H,14H2,1-2H3/b11-8+. The Bertz CT molecular complexity index is 530. The van der Waals surface area contributed by atoms with Crippen LogP contribution in [0.15, 0.2) is 60.7 Å². The van der Waals surface area contributed by atoms with E-state index in [0.717, 1.165) is 12.2 Å². The van der Waals surface area contributed by atoms with E-state index in [1.165, 1.54) is 11.3 Å². The molecule has 0 amide bonds. The van der Waals surface area contributed by atoms with Gasteiger partial charge in [0.05, 0.1) is 11.4 Å². The van der Waals surface area contributed by atoms with E-state index in [1.54, 1.807) is 0 Å². The van der Waals surface area contributed by atoms with Crippen LogP contribution < -0.4 is 10.2 Å². The summed E-state index contributed by atoms with van der Waals surface area (Å²) >= 11 is 0. The number of hydrogen-bond acceptors (Lipinski definition) is 2. The van der Waals surface area contributed by atoms with Gasteiger partial charge in [-0.2, -0.15) is 0 Å². The molecule has 0 aliphatic carbocycles. The second-order valence-electron chi connectivity index (χ2n) is 4.61. The van der Waals surface area contributed by atoms with Gasteiger partial charge >= 0.3 is 0 Å². The maximum Gasteiger partial charge on any atom is 0.0596 e. The summed E-state index contributed by atoms with van der Waals surface area (Å²) in [6, 6.07) is 18.7. The number of para-hydroxylation sites is 2. The fraction of sp³-hybridized carbons (Fsp3) is 0.176. The molecule has 0 bridgehead atoms. The van der Waals surface area contributed by atoms with Crippen LogP contribution in [0.3, 0.4) is 0 Å². The van der Waals surface area contributed by atoms with Crippen LogP contribution in [0.2, 0.25) is 0 Å². The molecule has 1 N–H and O–H groups in total. The molecule has 0 spiro atoms. The predicted molar refractivity (Wildman–Crippen MR) is 84.7 cm³/mol. The first-order chi connectivity index (χ1) is 9.27. The van der Waals surface area contributed by atoms with Crippen molar-refractivity contribution in [3.63, 3.8) is 0 Å². The monoisotopic (exact) mass is 252 g/mol. The van der Waals surface area contributed by atoms with Gasteiger partial charge in [-0.1, -0.05) is 54.6 Å². The van der Waals surface area contributed by atoms with Crippen LogP contribution in [0.5, 0.6) is 0 Å². The SMILES string of the molecule is CN(C)c1ccccc1NC/C=C/c1ccccc1. The summed E-state index contributed by atoms with van der Waals surface area (Å²) in [6.07, 6.45) is 4.27. The molecule has 2 heteroatoms. The van der Waals surface area contributed by atoms with Gasteiger partial charge in [0, 0.05) is 20.6 Å². The Morgan fingerprint density at radius 1 is 0.947 bits per heavy atom. The highest BCUT2D eigenvalue weighted by molar-refractivity contribution is 5.69. The molecule has 0 aromatic heterocycles.